The second-order valence-electron chi connectivity index (χ2n) is 10.1. The number of fused-ring (bicyclic) bond motifs is 1. The highest BCUT2D eigenvalue weighted by atomic mass is 32.2. The molecule has 0 saturated carbocycles. The molecule has 34 heavy (non-hydrogen) atoms. The molecule has 180 valence electrons. The highest BCUT2D eigenvalue weighted by molar-refractivity contribution is 7.92. The molecule has 0 atom stereocenters. The van der Waals surface area contributed by atoms with Crippen molar-refractivity contribution in [3.8, 4) is 0 Å². The van der Waals surface area contributed by atoms with Gasteiger partial charge in [0.25, 0.3) is 10.0 Å². The summed E-state index contributed by atoms with van der Waals surface area (Å²) in [6, 6.07) is 19.6. The molecular weight excluding hydrogens is 447 g/mol. The molecule has 3 aromatic rings. The standard InChI is InChI=1S/C28H33FN2O2S/c1-28(2,3)24-9-6-21(7-10-24)5-4-17-31-18-16-22-19-27(15-8-23(22)20-31)34(32,33)30-26-13-11-25(29)12-14-26/h6-15,19,30H,4-5,16-18,20H2,1-3H3. The van der Waals surface area contributed by atoms with E-state index in [9.17, 15) is 12.8 Å². The Morgan fingerprint density at radius 1 is 0.941 bits per heavy atom. The van der Waals surface area contributed by atoms with Crippen molar-refractivity contribution in [3.05, 3.63) is 94.8 Å². The van der Waals surface area contributed by atoms with Crippen molar-refractivity contribution >= 4 is 15.7 Å². The van der Waals surface area contributed by atoms with Crippen molar-refractivity contribution in [2.45, 2.75) is 56.9 Å². The summed E-state index contributed by atoms with van der Waals surface area (Å²) >= 11 is 0. The number of nitrogens with one attached hydrogen (secondary N) is 1. The minimum atomic E-state index is -3.72. The molecule has 3 aromatic carbocycles. The van der Waals surface area contributed by atoms with Crippen LogP contribution in [-0.4, -0.2) is 26.4 Å². The van der Waals surface area contributed by atoms with Gasteiger partial charge in [0.2, 0.25) is 0 Å². The van der Waals surface area contributed by atoms with Gasteiger partial charge in [0, 0.05) is 18.8 Å². The maximum absolute atomic E-state index is 13.1. The van der Waals surface area contributed by atoms with E-state index in [0.717, 1.165) is 44.5 Å². The average Bonchev–Trinajstić information content (AvgIpc) is 2.80. The van der Waals surface area contributed by atoms with Gasteiger partial charge in [0.1, 0.15) is 5.82 Å². The highest BCUT2D eigenvalue weighted by Crippen LogP contribution is 2.25. The molecular formula is C28H33FN2O2S. The lowest BCUT2D eigenvalue weighted by Crippen LogP contribution is -2.31. The molecule has 1 heterocycles. The Balaban J connectivity index is 1.33. The minimum absolute atomic E-state index is 0.177. The largest absolute Gasteiger partial charge is 0.299 e. The molecule has 4 nitrogen and oxygen atoms in total. The van der Waals surface area contributed by atoms with Gasteiger partial charge in [-0.3, -0.25) is 9.62 Å². The highest BCUT2D eigenvalue weighted by Gasteiger charge is 2.21. The first-order valence-corrected chi connectivity index (χ1v) is 13.3. The molecule has 0 spiro atoms. The summed E-state index contributed by atoms with van der Waals surface area (Å²) in [4.78, 5) is 2.68. The van der Waals surface area contributed by atoms with Crippen LogP contribution in [0.3, 0.4) is 0 Å². The van der Waals surface area contributed by atoms with Gasteiger partial charge >= 0.3 is 0 Å². The lowest BCUT2D eigenvalue weighted by Gasteiger charge is -2.29. The van der Waals surface area contributed by atoms with Gasteiger partial charge in [-0.2, -0.15) is 0 Å². The fraction of sp³-hybridized carbons (Fsp3) is 0.357. The van der Waals surface area contributed by atoms with Gasteiger partial charge < -0.3 is 0 Å². The summed E-state index contributed by atoms with van der Waals surface area (Å²) < 4.78 is 41.2. The van der Waals surface area contributed by atoms with Gasteiger partial charge in [-0.05, 0) is 89.9 Å². The number of anilines is 1. The normalized spacial score (nSPS) is 14.6. The summed E-state index contributed by atoms with van der Waals surface area (Å²) in [7, 11) is -3.72. The third-order valence-corrected chi connectivity index (χ3v) is 7.81. The lowest BCUT2D eigenvalue weighted by molar-refractivity contribution is 0.251. The van der Waals surface area contributed by atoms with Crippen LogP contribution >= 0.6 is 0 Å². The van der Waals surface area contributed by atoms with Crippen LogP contribution in [0.5, 0.6) is 0 Å². The van der Waals surface area contributed by atoms with Crippen LogP contribution in [0.4, 0.5) is 10.1 Å². The molecule has 1 aliphatic rings. The van der Waals surface area contributed by atoms with Crippen molar-refractivity contribution in [1.82, 2.24) is 4.90 Å². The Hall–Kier alpha value is -2.70. The molecule has 0 aromatic heterocycles. The van der Waals surface area contributed by atoms with E-state index in [-0.39, 0.29) is 10.3 Å². The van der Waals surface area contributed by atoms with Crippen LogP contribution < -0.4 is 4.72 Å². The van der Waals surface area contributed by atoms with E-state index in [2.05, 4.69) is 54.7 Å². The fourth-order valence-corrected chi connectivity index (χ4v) is 5.46. The topological polar surface area (TPSA) is 49.4 Å². The third kappa shape index (κ3) is 6.05. The van der Waals surface area contributed by atoms with Crippen LogP contribution in [0, 0.1) is 5.82 Å². The van der Waals surface area contributed by atoms with E-state index in [1.807, 2.05) is 6.07 Å². The van der Waals surface area contributed by atoms with Crippen molar-refractivity contribution < 1.29 is 12.8 Å². The van der Waals surface area contributed by atoms with Crippen LogP contribution in [0.15, 0.2) is 71.6 Å². The van der Waals surface area contributed by atoms with Crippen LogP contribution in [0.1, 0.15) is 49.4 Å². The van der Waals surface area contributed by atoms with Gasteiger partial charge in [-0.1, -0.05) is 51.1 Å². The molecule has 0 saturated heterocycles. The van der Waals surface area contributed by atoms with Gasteiger partial charge in [0.15, 0.2) is 0 Å². The summed E-state index contributed by atoms with van der Waals surface area (Å²) in [5.41, 5.74) is 5.51. The molecule has 6 heteroatoms. The average molecular weight is 481 g/mol. The van der Waals surface area contributed by atoms with Gasteiger partial charge in [-0.15, -0.1) is 0 Å². The first kappa shape index (κ1) is 24.4. The maximum atomic E-state index is 13.1. The number of nitrogens with zero attached hydrogens (tertiary/aromatic N) is 1. The molecule has 0 aliphatic carbocycles. The second kappa shape index (κ2) is 9.88. The SMILES string of the molecule is CC(C)(C)c1ccc(CCCN2CCc3cc(S(=O)(=O)Nc4ccc(F)cc4)ccc3C2)cc1. The quantitative estimate of drug-likeness (QED) is 0.457. The number of hydrogen-bond donors (Lipinski definition) is 1. The summed E-state index contributed by atoms with van der Waals surface area (Å²) in [6.07, 6.45) is 2.98. The molecule has 1 aliphatic heterocycles. The number of halogens is 1. The van der Waals surface area contributed by atoms with Crippen molar-refractivity contribution in [1.29, 1.82) is 0 Å². The monoisotopic (exact) mass is 480 g/mol. The number of rotatable bonds is 7. The smallest absolute Gasteiger partial charge is 0.261 e. The minimum Gasteiger partial charge on any atom is -0.299 e. The predicted octanol–water partition coefficient (Wildman–Crippen LogP) is 5.91. The van der Waals surface area contributed by atoms with E-state index in [4.69, 9.17) is 0 Å². The van der Waals surface area contributed by atoms with Crippen molar-refractivity contribution in [2.75, 3.05) is 17.8 Å². The van der Waals surface area contributed by atoms with E-state index in [0.29, 0.717) is 5.69 Å². The number of benzene rings is 3. The Bertz CT molecular complexity index is 1230. The molecule has 0 bridgehead atoms. The zero-order valence-corrected chi connectivity index (χ0v) is 21.0. The molecule has 1 N–H and O–H groups in total. The lowest BCUT2D eigenvalue weighted by atomic mass is 9.86. The van der Waals surface area contributed by atoms with Crippen LogP contribution in [-0.2, 0) is 34.8 Å². The van der Waals surface area contributed by atoms with Gasteiger partial charge in [-0.25, -0.2) is 12.8 Å². The molecule has 0 radical (unpaired) electrons. The predicted molar refractivity (Wildman–Crippen MR) is 136 cm³/mol. The Morgan fingerprint density at radius 3 is 2.32 bits per heavy atom. The summed E-state index contributed by atoms with van der Waals surface area (Å²) in [6.45, 7) is 9.48. The third-order valence-electron chi connectivity index (χ3n) is 6.44. The van der Waals surface area contributed by atoms with E-state index in [1.54, 1.807) is 12.1 Å². The van der Waals surface area contributed by atoms with Gasteiger partial charge in [0.05, 0.1) is 4.90 Å². The summed E-state index contributed by atoms with van der Waals surface area (Å²) in [5, 5.41) is 0. The second-order valence-corrected chi connectivity index (χ2v) is 11.8. The Morgan fingerprint density at radius 2 is 1.65 bits per heavy atom. The van der Waals surface area contributed by atoms with E-state index >= 15 is 0 Å². The number of sulfonamides is 1. The van der Waals surface area contributed by atoms with Crippen LogP contribution in [0.25, 0.3) is 0 Å². The van der Waals surface area contributed by atoms with Crippen molar-refractivity contribution in [3.63, 3.8) is 0 Å². The zero-order chi connectivity index (χ0) is 24.3. The zero-order valence-electron chi connectivity index (χ0n) is 20.1. The van der Waals surface area contributed by atoms with Crippen LogP contribution in [0.2, 0.25) is 0 Å². The Kier molecular flexibility index (Phi) is 7.10. The van der Waals surface area contributed by atoms with Crippen molar-refractivity contribution in [2.24, 2.45) is 0 Å². The number of hydrogen-bond acceptors (Lipinski definition) is 3. The molecule has 0 fully saturated rings. The molecule has 0 unspecified atom stereocenters. The molecule has 0 amide bonds. The first-order chi connectivity index (χ1) is 16.1. The molecule has 4 rings (SSSR count). The Labute approximate surface area is 202 Å². The first-order valence-electron chi connectivity index (χ1n) is 11.8. The number of aryl methyl sites for hydroxylation is 1. The summed E-state index contributed by atoms with van der Waals surface area (Å²) in [5.74, 6) is -0.403. The van der Waals surface area contributed by atoms with E-state index < -0.39 is 15.8 Å². The maximum Gasteiger partial charge on any atom is 0.261 e. The van der Waals surface area contributed by atoms with E-state index in [1.165, 1.54) is 41.0 Å². The fourth-order valence-electron chi connectivity index (χ4n) is 4.36.